The molecular formula is C37H64N6O4. The van der Waals surface area contributed by atoms with Crippen molar-refractivity contribution in [3.63, 3.8) is 0 Å². The summed E-state index contributed by atoms with van der Waals surface area (Å²) in [4.78, 5) is 40.7. The minimum Gasteiger partial charge on any atom is -0.446 e. The van der Waals surface area contributed by atoms with E-state index in [0.29, 0.717) is 24.8 Å². The molecule has 0 aromatic rings. The SMILES string of the molecule is CC(C)CCC[C@@H](C)[C@H]1CC[C@H]2[C@@H]3CC=C4C[C@@H](OC(=O)NCCC(=O)N[C@@H](CCCN=C(N)N)C(N)=O)CC[C@]4(C)[C@H]3CC[C@]12C. The molecule has 3 fully saturated rings. The van der Waals surface area contributed by atoms with Crippen LogP contribution in [0.1, 0.15) is 125 Å². The second kappa shape index (κ2) is 16.1. The van der Waals surface area contributed by atoms with Crippen molar-refractivity contribution in [3.05, 3.63) is 11.6 Å². The number of rotatable bonds is 15. The molecule has 3 amide bonds. The fourth-order valence-corrected chi connectivity index (χ4v) is 10.3. The van der Waals surface area contributed by atoms with Crippen LogP contribution < -0.4 is 27.8 Å². The van der Waals surface area contributed by atoms with Crippen molar-refractivity contribution in [1.82, 2.24) is 10.6 Å². The molecule has 0 saturated heterocycles. The highest BCUT2D eigenvalue weighted by atomic mass is 16.6. The van der Waals surface area contributed by atoms with Gasteiger partial charge in [0.05, 0.1) is 0 Å². The highest BCUT2D eigenvalue weighted by Crippen LogP contribution is 2.67. The van der Waals surface area contributed by atoms with E-state index in [1.165, 1.54) is 56.9 Å². The Bertz CT molecular complexity index is 1170. The molecule has 0 aromatic heterocycles. The van der Waals surface area contributed by atoms with Gasteiger partial charge in [0.2, 0.25) is 11.8 Å². The fourth-order valence-electron chi connectivity index (χ4n) is 10.3. The van der Waals surface area contributed by atoms with Gasteiger partial charge < -0.3 is 32.6 Å². The van der Waals surface area contributed by atoms with Crippen LogP contribution in [-0.4, -0.2) is 49.1 Å². The predicted octanol–water partition coefficient (Wildman–Crippen LogP) is 5.54. The maximum Gasteiger partial charge on any atom is 0.407 e. The highest BCUT2D eigenvalue weighted by Gasteiger charge is 2.59. The van der Waals surface area contributed by atoms with Crippen LogP contribution in [0.3, 0.4) is 0 Å². The largest absolute Gasteiger partial charge is 0.446 e. The molecule has 4 rings (SSSR count). The lowest BCUT2D eigenvalue weighted by atomic mass is 9.47. The maximum absolute atomic E-state index is 12.7. The summed E-state index contributed by atoms with van der Waals surface area (Å²) in [5.74, 6) is 3.77. The normalized spacial score (nSPS) is 32.6. The molecule has 8 N–H and O–H groups in total. The number of guanidine groups is 1. The Balaban J connectivity index is 1.23. The molecule has 0 heterocycles. The van der Waals surface area contributed by atoms with Gasteiger partial charge in [-0.25, -0.2) is 4.79 Å². The van der Waals surface area contributed by atoms with Crippen LogP contribution in [0.15, 0.2) is 16.6 Å². The highest BCUT2D eigenvalue weighted by molar-refractivity contribution is 5.86. The van der Waals surface area contributed by atoms with Gasteiger partial charge in [0.15, 0.2) is 5.96 Å². The number of ether oxygens (including phenoxy) is 1. The van der Waals surface area contributed by atoms with E-state index in [2.05, 4.69) is 56.3 Å². The number of aliphatic imine (C=N–C) groups is 1. The summed E-state index contributed by atoms with van der Waals surface area (Å²) in [5, 5.41) is 5.34. The number of carbonyl (C=O) groups is 3. The molecule has 47 heavy (non-hydrogen) atoms. The van der Waals surface area contributed by atoms with Crippen molar-refractivity contribution >= 4 is 23.9 Å². The van der Waals surface area contributed by atoms with Crippen LogP contribution >= 0.6 is 0 Å². The topological polar surface area (TPSA) is 175 Å². The van der Waals surface area contributed by atoms with Gasteiger partial charge in [-0.15, -0.1) is 0 Å². The molecule has 3 saturated carbocycles. The lowest BCUT2D eigenvalue weighted by Gasteiger charge is -2.58. The molecule has 10 heteroatoms. The number of nitrogens with zero attached hydrogens (tertiary/aromatic N) is 1. The van der Waals surface area contributed by atoms with Crippen molar-refractivity contribution in [2.75, 3.05) is 13.1 Å². The molecule has 266 valence electrons. The van der Waals surface area contributed by atoms with E-state index in [1.807, 2.05) is 0 Å². The number of nitrogens with two attached hydrogens (primary N) is 3. The van der Waals surface area contributed by atoms with Crippen molar-refractivity contribution in [1.29, 1.82) is 0 Å². The zero-order valence-electron chi connectivity index (χ0n) is 29.8. The number of primary amides is 1. The number of allylic oxidation sites excluding steroid dienone is 1. The summed E-state index contributed by atoms with van der Waals surface area (Å²) in [5.41, 5.74) is 18.2. The van der Waals surface area contributed by atoms with Crippen LogP contribution in [-0.2, 0) is 14.3 Å². The fraction of sp³-hybridized carbons (Fsp3) is 0.838. The van der Waals surface area contributed by atoms with E-state index >= 15 is 0 Å². The molecule has 4 aliphatic carbocycles. The van der Waals surface area contributed by atoms with Gasteiger partial charge in [-0.05, 0) is 104 Å². The molecular weight excluding hydrogens is 592 g/mol. The standard InChI is InChI=1S/C37H64N6O4/c1-23(2)8-6-9-24(3)28-13-14-29-27-12-11-25-22-26(15-18-36(25,4)30(27)16-19-37(28,29)5)47-35(46)42-21-17-32(44)43-31(33(38)45)10-7-20-41-34(39)40/h11,23-24,26-31H,6-10,12-22H2,1-5H3,(H2,38,45)(H,42,46)(H,43,44)(H4,39,40,41)/t24-,26+,27+,28-,29+,30+,31+,36+,37-/m1/s1. The van der Waals surface area contributed by atoms with E-state index in [1.54, 1.807) is 0 Å². The Morgan fingerprint density at radius 2 is 1.74 bits per heavy atom. The number of carbonyl (C=O) groups excluding carboxylic acids is 3. The molecule has 0 bridgehead atoms. The number of amides is 3. The average molecular weight is 657 g/mol. The van der Waals surface area contributed by atoms with Crippen molar-refractivity contribution in [2.24, 2.45) is 68.5 Å². The first-order valence-corrected chi connectivity index (χ1v) is 18.5. The summed E-state index contributed by atoms with van der Waals surface area (Å²) in [7, 11) is 0. The van der Waals surface area contributed by atoms with Crippen molar-refractivity contribution in [2.45, 2.75) is 137 Å². The molecule has 0 aromatic carbocycles. The number of hydrogen-bond acceptors (Lipinski definition) is 5. The second-order valence-electron chi connectivity index (χ2n) is 16.2. The van der Waals surface area contributed by atoms with Gasteiger partial charge in [0.1, 0.15) is 12.1 Å². The molecule has 9 atom stereocenters. The zero-order chi connectivity index (χ0) is 34.4. The predicted molar refractivity (Wildman–Crippen MR) is 187 cm³/mol. The van der Waals surface area contributed by atoms with Gasteiger partial charge >= 0.3 is 6.09 Å². The van der Waals surface area contributed by atoms with Crippen molar-refractivity contribution in [3.8, 4) is 0 Å². The van der Waals surface area contributed by atoms with Gasteiger partial charge in [0.25, 0.3) is 0 Å². The van der Waals surface area contributed by atoms with Crippen molar-refractivity contribution < 1.29 is 19.1 Å². The third-order valence-corrected chi connectivity index (χ3v) is 12.8. The second-order valence-corrected chi connectivity index (χ2v) is 16.2. The van der Waals surface area contributed by atoms with Crippen LogP contribution in [0.2, 0.25) is 0 Å². The molecule has 10 nitrogen and oxygen atoms in total. The van der Waals surface area contributed by atoms with E-state index in [4.69, 9.17) is 21.9 Å². The number of nitrogens with one attached hydrogen (secondary N) is 2. The van der Waals surface area contributed by atoms with Crippen LogP contribution in [0.25, 0.3) is 0 Å². The minimum atomic E-state index is -0.820. The third kappa shape index (κ3) is 9.02. The Hall–Kier alpha value is -2.78. The number of alkyl carbamates (subject to hydrolysis) is 1. The molecule has 0 aliphatic heterocycles. The molecule has 0 spiro atoms. The quantitative estimate of drug-likeness (QED) is 0.0670. The molecule has 4 aliphatic rings. The zero-order valence-corrected chi connectivity index (χ0v) is 29.8. The van der Waals surface area contributed by atoms with Gasteiger partial charge in [-0.3, -0.25) is 14.6 Å². The first-order valence-electron chi connectivity index (χ1n) is 18.5. The van der Waals surface area contributed by atoms with Crippen LogP contribution in [0.5, 0.6) is 0 Å². The Kier molecular flexibility index (Phi) is 12.7. The van der Waals surface area contributed by atoms with E-state index in [-0.39, 0.29) is 36.4 Å². The minimum absolute atomic E-state index is 0.0153. The van der Waals surface area contributed by atoms with Gasteiger partial charge in [0, 0.05) is 25.9 Å². The van der Waals surface area contributed by atoms with E-state index in [9.17, 15) is 14.4 Å². The van der Waals surface area contributed by atoms with E-state index < -0.39 is 18.0 Å². The average Bonchev–Trinajstić information content (AvgIpc) is 3.35. The van der Waals surface area contributed by atoms with Crippen LogP contribution in [0, 0.1) is 46.3 Å². The Labute approximate surface area is 283 Å². The smallest absolute Gasteiger partial charge is 0.407 e. The third-order valence-electron chi connectivity index (χ3n) is 12.8. The molecule has 0 radical (unpaired) electrons. The van der Waals surface area contributed by atoms with Gasteiger partial charge in [-0.2, -0.15) is 0 Å². The first-order chi connectivity index (χ1) is 22.2. The summed E-state index contributed by atoms with van der Waals surface area (Å²) in [6, 6.07) is -0.820. The molecule has 0 unspecified atom stereocenters. The number of hydrogen-bond donors (Lipinski definition) is 5. The summed E-state index contributed by atoms with van der Waals surface area (Å²) < 4.78 is 5.85. The first kappa shape index (κ1) is 37.0. The lowest BCUT2D eigenvalue weighted by molar-refractivity contribution is -0.127. The summed E-state index contributed by atoms with van der Waals surface area (Å²) in [6.07, 6.45) is 16.1. The van der Waals surface area contributed by atoms with Crippen LogP contribution in [0.4, 0.5) is 4.79 Å². The summed E-state index contributed by atoms with van der Waals surface area (Å²) >= 11 is 0. The Morgan fingerprint density at radius 3 is 2.45 bits per heavy atom. The Morgan fingerprint density at radius 1 is 0.979 bits per heavy atom. The lowest BCUT2D eigenvalue weighted by Crippen LogP contribution is -2.51. The maximum atomic E-state index is 12.7. The summed E-state index contributed by atoms with van der Waals surface area (Å²) in [6.45, 7) is 12.8. The van der Waals surface area contributed by atoms with E-state index in [0.717, 1.165) is 54.8 Å². The number of fused-ring (bicyclic) bond motifs is 5. The van der Waals surface area contributed by atoms with Gasteiger partial charge in [-0.1, -0.05) is 65.5 Å². The monoisotopic (exact) mass is 656 g/mol.